The average molecular weight is 561 g/mol. The van der Waals surface area contributed by atoms with Crippen LogP contribution in [-0.2, 0) is 11.3 Å². The minimum Gasteiger partial charge on any atom is -0.415 e. The summed E-state index contributed by atoms with van der Waals surface area (Å²) in [7, 11) is 0. The summed E-state index contributed by atoms with van der Waals surface area (Å²) in [5, 5.41) is 6.90. The van der Waals surface area contributed by atoms with Gasteiger partial charge in [-0.05, 0) is 69.2 Å². The van der Waals surface area contributed by atoms with Gasteiger partial charge in [0, 0.05) is 31.0 Å². The van der Waals surface area contributed by atoms with Crippen LogP contribution < -0.4 is 4.90 Å². The number of pyridine rings is 1. The van der Waals surface area contributed by atoms with Gasteiger partial charge in [0.1, 0.15) is 5.82 Å². The zero-order valence-electron chi connectivity index (χ0n) is 22.3. The Hall–Kier alpha value is -3.38. The van der Waals surface area contributed by atoms with Crippen molar-refractivity contribution in [3.8, 4) is 11.5 Å². The van der Waals surface area contributed by atoms with Gasteiger partial charge >= 0.3 is 6.43 Å². The number of hydrogen-bond donors (Lipinski definition) is 0. The maximum Gasteiger partial charge on any atom is 0.314 e. The number of rotatable bonds is 10. The lowest BCUT2D eigenvalue weighted by atomic mass is 9.89. The Bertz CT molecular complexity index is 1290. The SMILES string of the molecule is CCCCN1CCC(N2CC(F)(C(=O)N(Cc3ccc(-c4nnc(C(F)F)o4)cn3)c3cccc(F)c3)C2)CC1. The predicted molar refractivity (Wildman–Crippen MR) is 140 cm³/mol. The van der Waals surface area contributed by atoms with Gasteiger partial charge in [-0.3, -0.25) is 14.7 Å². The number of carbonyl (C=O) groups is 1. The van der Waals surface area contributed by atoms with E-state index in [0.29, 0.717) is 11.3 Å². The quantitative estimate of drug-likeness (QED) is 0.322. The van der Waals surface area contributed by atoms with E-state index in [9.17, 15) is 18.0 Å². The molecule has 8 nitrogen and oxygen atoms in total. The Morgan fingerprint density at radius 1 is 1.18 bits per heavy atom. The van der Waals surface area contributed by atoms with E-state index < -0.39 is 29.7 Å². The highest BCUT2D eigenvalue weighted by Crippen LogP contribution is 2.35. The maximum atomic E-state index is 16.0. The number of hydrogen-bond acceptors (Lipinski definition) is 7. The van der Waals surface area contributed by atoms with Crippen LogP contribution in [0, 0.1) is 5.82 Å². The zero-order chi connectivity index (χ0) is 28.3. The Morgan fingerprint density at radius 3 is 2.58 bits per heavy atom. The van der Waals surface area contributed by atoms with E-state index in [-0.39, 0.29) is 37.3 Å². The summed E-state index contributed by atoms with van der Waals surface area (Å²) in [6.07, 6.45) is 2.65. The molecule has 0 atom stereocenters. The Morgan fingerprint density at radius 2 is 1.95 bits per heavy atom. The molecule has 214 valence electrons. The number of halogens is 4. The van der Waals surface area contributed by atoms with Crippen LogP contribution in [0.25, 0.3) is 11.5 Å². The standard InChI is InChI=1S/C28H32F4N6O2/c1-2-3-11-36-12-9-22(10-13-36)37-17-28(32,18-37)27(39)38(23-6-4-5-20(29)14-23)16-21-8-7-19(15-33-21)25-34-35-26(40-25)24(30)31/h4-8,14-15,22,24H,2-3,9-13,16-18H2,1H3. The topological polar surface area (TPSA) is 78.6 Å². The lowest BCUT2D eigenvalue weighted by molar-refractivity contribution is -0.146. The van der Waals surface area contributed by atoms with Gasteiger partial charge in [0.25, 0.3) is 11.8 Å². The number of alkyl halides is 3. The fourth-order valence-corrected chi connectivity index (χ4v) is 5.29. The molecule has 0 spiro atoms. The number of anilines is 1. The number of likely N-dealkylation sites (tertiary alicyclic amines) is 2. The van der Waals surface area contributed by atoms with E-state index in [2.05, 4.69) is 27.0 Å². The van der Waals surface area contributed by atoms with E-state index in [1.807, 2.05) is 4.90 Å². The zero-order valence-corrected chi connectivity index (χ0v) is 22.3. The summed E-state index contributed by atoms with van der Waals surface area (Å²) in [6, 6.07) is 8.76. The molecule has 1 amide bonds. The van der Waals surface area contributed by atoms with Gasteiger partial charge < -0.3 is 14.2 Å². The fraction of sp³-hybridized carbons (Fsp3) is 0.500. The number of benzene rings is 1. The van der Waals surface area contributed by atoms with Gasteiger partial charge in [-0.15, -0.1) is 10.2 Å². The van der Waals surface area contributed by atoms with Crippen LogP contribution in [0.5, 0.6) is 0 Å². The van der Waals surface area contributed by atoms with Crippen LogP contribution in [0.15, 0.2) is 47.0 Å². The molecular formula is C28H32F4N6O2. The van der Waals surface area contributed by atoms with E-state index >= 15 is 4.39 Å². The Balaban J connectivity index is 1.27. The molecule has 2 saturated heterocycles. The third-order valence-corrected chi connectivity index (χ3v) is 7.58. The van der Waals surface area contributed by atoms with Gasteiger partial charge in [-0.1, -0.05) is 19.4 Å². The first-order valence-corrected chi connectivity index (χ1v) is 13.6. The molecule has 0 N–H and O–H groups in total. The van der Waals surface area contributed by atoms with Crippen molar-refractivity contribution in [2.45, 2.75) is 57.3 Å². The first kappa shape index (κ1) is 28.2. The molecule has 0 unspecified atom stereocenters. The van der Waals surface area contributed by atoms with Gasteiger partial charge in [0.15, 0.2) is 0 Å². The van der Waals surface area contributed by atoms with Gasteiger partial charge in [-0.2, -0.15) is 8.78 Å². The van der Waals surface area contributed by atoms with E-state index in [1.54, 1.807) is 12.1 Å². The van der Waals surface area contributed by atoms with Crippen molar-refractivity contribution in [1.29, 1.82) is 0 Å². The second-order valence-electron chi connectivity index (χ2n) is 10.5. The molecule has 40 heavy (non-hydrogen) atoms. The molecule has 0 aliphatic carbocycles. The van der Waals surface area contributed by atoms with Crippen molar-refractivity contribution >= 4 is 11.6 Å². The summed E-state index contributed by atoms with van der Waals surface area (Å²) in [5.74, 6) is -2.23. The summed E-state index contributed by atoms with van der Waals surface area (Å²) in [4.78, 5) is 23.5. The van der Waals surface area contributed by atoms with Crippen LogP contribution in [0.2, 0.25) is 0 Å². The largest absolute Gasteiger partial charge is 0.415 e. The van der Waals surface area contributed by atoms with Crippen molar-refractivity contribution in [1.82, 2.24) is 25.0 Å². The highest BCUT2D eigenvalue weighted by Gasteiger charge is 2.54. The molecule has 1 aromatic carbocycles. The normalized spacial score (nSPS) is 18.1. The molecule has 12 heteroatoms. The van der Waals surface area contributed by atoms with Gasteiger partial charge in [-0.25, -0.2) is 8.78 Å². The van der Waals surface area contributed by atoms with Crippen LogP contribution in [0.1, 0.15) is 50.6 Å². The summed E-state index contributed by atoms with van der Waals surface area (Å²) in [6.45, 7) is 5.07. The van der Waals surface area contributed by atoms with Crippen LogP contribution >= 0.6 is 0 Å². The van der Waals surface area contributed by atoms with Crippen LogP contribution in [0.3, 0.4) is 0 Å². The van der Waals surface area contributed by atoms with Crippen LogP contribution in [-0.4, -0.2) is 75.3 Å². The van der Waals surface area contributed by atoms with Gasteiger partial charge in [0.2, 0.25) is 11.6 Å². The summed E-state index contributed by atoms with van der Waals surface area (Å²) >= 11 is 0. The molecule has 2 aliphatic heterocycles. The molecular weight excluding hydrogens is 528 g/mol. The Kier molecular flexibility index (Phi) is 8.46. The second kappa shape index (κ2) is 12.0. The number of unbranched alkanes of at least 4 members (excludes halogenated alkanes) is 1. The van der Waals surface area contributed by atoms with Crippen molar-refractivity contribution in [3.63, 3.8) is 0 Å². The lowest BCUT2D eigenvalue weighted by Gasteiger charge is -2.50. The maximum absolute atomic E-state index is 16.0. The van der Waals surface area contributed by atoms with Crippen molar-refractivity contribution in [2.24, 2.45) is 0 Å². The highest BCUT2D eigenvalue weighted by molar-refractivity contribution is 6.00. The monoisotopic (exact) mass is 560 g/mol. The third-order valence-electron chi connectivity index (χ3n) is 7.58. The third kappa shape index (κ3) is 6.17. The second-order valence-corrected chi connectivity index (χ2v) is 10.5. The molecule has 4 heterocycles. The summed E-state index contributed by atoms with van der Waals surface area (Å²) < 4.78 is 60.6. The molecule has 5 rings (SSSR count). The molecule has 2 aliphatic rings. The Labute approximate surface area is 230 Å². The number of nitrogens with zero attached hydrogens (tertiary/aromatic N) is 6. The average Bonchev–Trinajstić information content (AvgIpc) is 3.44. The minimum absolute atomic E-state index is 0.00667. The van der Waals surface area contributed by atoms with E-state index in [4.69, 9.17) is 4.42 Å². The lowest BCUT2D eigenvalue weighted by Crippen LogP contribution is -2.69. The van der Waals surface area contributed by atoms with Crippen molar-refractivity contribution in [3.05, 3.63) is 60.0 Å². The fourth-order valence-electron chi connectivity index (χ4n) is 5.29. The molecule has 0 bridgehead atoms. The predicted octanol–water partition coefficient (Wildman–Crippen LogP) is 5.03. The molecule has 0 saturated carbocycles. The highest BCUT2D eigenvalue weighted by atomic mass is 19.3. The van der Waals surface area contributed by atoms with Gasteiger partial charge in [0.05, 0.1) is 17.8 Å². The van der Waals surface area contributed by atoms with Crippen molar-refractivity contribution < 1.29 is 26.8 Å². The van der Waals surface area contributed by atoms with E-state index in [1.165, 1.54) is 41.8 Å². The number of carbonyl (C=O) groups excluding carboxylic acids is 1. The molecule has 2 fully saturated rings. The number of piperidine rings is 1. The molecule has 3 aromatic rings. The van der Waals surface area contributed by atoms with Crippen LogP contribution in [0.4, 0.5) is 23.2 Å². The number of aromatic nitrogens is 3. The minimum atomic E-state index is -2.90. The summed E-state index contributed by atoms with van der Waals surface area (Å²) in [5.41, 5.74) is -1.19. The molecule has 0 radical (unpaired) electrons. The van der Waals surface area contributed by atoms with Crippen molar-refractivity contribution in [2.75, 3.05) is 37.6 Å². The smallest absolute Gasteiger partial charge is 0.314 e. The number of amides is 1. The first-order valence-electron chi connectivity index (χ1n) is 13.6. The van der Waals surface area contributed by atoms with E-state index in [0.717, 1.165) is 38.9 Å². The molecule has 2 aromatic heterocycles. The first-order chi connectivity index (χ1) is 19.3.